The summed E-state index contributed by atoms with van der Waals surface area (Å²) in [6, 6.07) is 1.81. The first kappa shape index (κ1) is 11.6. The third-order valence-corrected chi connectivity index (χ3v) is 2.84. The molecule has 2 rings (SSSR count). The molecule has 1 aromatic heterocycles. The van der Waals surface area contributed by atoms with Crippen molar-refractivity contribution in [1.82, 2.24) is 15.3 Å². The minimum Gasteiger partial charge on any atom is -0.477 e. The van der Waals surface area contributed by atoms with Gasteiger partial charge in [-0.2, -0.15) is 4.98 Å². The predicted molar refractivity (Wildman–Crippen MR) is 62.9 cm³/mol. The van der Waals surface area contributed by atoms with E-state index < -0.39 is 0 Å². The maximum atomic E-state index is 5.76. The Balaban J connectivity index is 1.88. The van der Waals surface area contributed by atoms with E-state index in [1.807, 2.05) is 13.0 Å². The summed E-state index contributed by atoms with van der Waals surface area (Å²) in [6.45, 7) is 4.72. The predicted octanol–water partition coefficient (Wildman–Crippen LogP) is 1.82. The van der Waals surface area contributed by atoms with E-state index in [4.69, 9.17) is 16.3 Å². The van der Waals surface area contributed by atoms with E-state index in [1.54, 1.807) is 0 Å². The van der Waals surface area contributed by atoms with Gasteiger partial charge in [0.15, 0.2) is 0 Å². The smallest absolute Gasteiger partial charge is 0.225 e. The highest BCUT2D eigenvalue weighted by Gasteiger charge is 2.14. The molecule has 1 fully saturated rings. The molecule has 1 aliphatic heterocycles. The van der Waals surface area contributed by atoms with Crippen molar-refractivity contribution in [3.8, 4) is 5.88 Å². The zero-order valence-corrected chi connectivity index (χ0v) is 10.1. The standard InChI is InChI=1S/C11H16ClN3O/c1-8-5-10(15-11(12)14-8)16-7-9-3-2-4-13-6-9/h5,9,13H,2-4,6-7H2,1H3/t9-/m1/s1. The van der Waals surface area contributed by atoms with Crippen molar-refractivity contribution in [3.63, 3.8) is 0 Å². The van der Waals surface area contributed by atoms with Gasteiger partial charge in [0.1, 0.15) is 0 Å². The lowest BCUT2D eigenvalue weighted by molar-refractivity contribution is 0.212. The Bertz CT molecular complexity index is 333. The van der Waals surface area contributed by atoms with Gasteiger partial charge in [0, 0.05) is 24.2 Å². The average molecular weight is 242 g/mol. The van der Waals surface area contributed by atoms with Crippen LogP contribution in [0.4, 0.5) is 0 Å². The molecule has 0 unspecified atom stereocenters. The fraction of sp³-hybridized carbons (Fsp3) is 0.636. The molecular weight excluding hydrogens is 226 g/mol. The monoisotopic (exact) mass is 241 g/mol. The fourth-order valence-electron chi connectivity index (χ4n) is 1.85. The van der Waals surface area contributed by atoms with Crippen LogP contribution in [-0.4, -0.2) is 29.7 Å². The summed E-state index contributed by atoms with van der Waals surface area (Å²) in [6.07, 6.45) is 2.43. The van der Waals surface area contributed by atoms with Crippen molar-refractivity contribution in [2.45, 2.75) is 19.8 Å². The topological polar surface area (TPSA) is 47.0 Å². The Labute approximate surface area is 100 Å². The number of nitrogens with one attached hydrogen (secondary N) is 1. The first-order valence-corrected chi connectivity index (χ1v) is 5.96. The largest absolute Gasteiger partial charge is 0.477 e. The van der Waals surface area contributed by atoms with Crippen molar-refractivity contribution in [1.29, 1.82) is 0 Å². The minimum atomic E-state index is 0.247. The first-order chi connectivity index (χ1) is 7.74. The molecule has 0 amide bonds. The van der Waals surface area contributed by atoms with Gasteiger partial charge in [0.2, 0.25) is 11.2 Å². The summed E-state index contributed by atoms with van der Waals surface area (Å²) >= 11 is 5.76. The van der Waals surface area contributed by atoms with E-state index in [1.165, 1.54) is 12.8 Å². The second kappa shape index (κ2) is 5.46. The summed E-state index contributed by atoms with van der Waals surface area (Å²) in [5.41, 5.74) is 0.830. The quantitative estimate of drug-likeness (QED) is 0.820. The van der Waals surface area contributed by atoms with Crippen molar-refractivity contribution in [2.24, 2.45) is 5.92 Å². The van der Waals surface area contributed by atoms with Gasteiger partial charge in [-0.15, -0.1) is 0 Å². The molecule has 1 aromatic rings. The number of aryl methyl sites for hydroxylation is 1. The molecule has 0 aliphatic carbocycles. The molecule has 0 bridgehead atoms. The zero-order chi connectivity index (χ0) is 11.4. The summed E-state index contributed by atoms with van der Waals surface area (Å²) in [5.74, 6) is 1.14. The minimum absolute atomic E-state index is 0.247. The molecule has 1 N–H and O–H groups in total. The normalized spacial score (nSPS) is 20.8. The molecule has 4 nitrogen and oxygen atoms in total. The second-order valence-electron chi connectivity index (χ2n) is 4.14. The van der Waals surface area contributed by atoms with E-state index in [0.717, 1.165) is 18.8 Å². The lowest BCUT2D eigenvalue weighted by Gasteiger charge is -2.22. The van der Waals surface area contributed by atoms with Crippen LogP contribution in [-0.2, 0) is 0 Å². The third-order valence-electron chi connectivity index (χ3n) is 2.67. The van der Waals surface area contributed by atoms with Crippen molar-refractivity contribution >= 4 is 11.6 Å². The zero-order valence-electron chi connectivity index (χ0n) is 9.37. The molecule has 1 atom stereocenters. The number of rotatable bonds is 3. The molecule has 0 aromatic carbocycles. The van der Waals surface area contributed by atoms with E-state index in [-0.39, 0.29) is 5.28 Å². The fourth-order valence-corrected chi connectivity index (χ4v) is 2.06. The summed E-state index contributed by atoms with van der Waals surface area (Å²) < 4.78 is 5.63. The number of ether oxygens (including phenoxy) is 1. The van der Waals surface area contributed by atoms with Gasteiger partial charge in [0.05, 0.1) is 6.61 Å². The van der Waals surface area contributed by atoms with Gasteiger partial charge in [0.25, 0.3) is 0 Å². The number of halogens is 1. The van der Waals surface area contributed by atoms with Gasteiger partial charge in [-0.3, -0.25) is 0 Å². The number of aromatic nitrogens is 2. The molecule has 0 radical (unpaired) electrons. The molecule has 1 saturated heterocycles. The Morgan fingerprint density at radius 3 is 3.12 bits per heavy atom. The second-order valence-corrected chi connectivity index (χ2v) is 4.48. The SMILES string of the molecule is Cc1cc(OC[C@@H]2CCCNC2)nc(Cl)n1. The Morgan fingerprint density at radius 2 is 2.44 bits per heavy atom. The average Bonchev–Trinajstić information content (AvgIpc) is 2.27. The highest BCUT2D eigenvalue weighted by molar-refractivity contribution is 6.28. The number of hydrogen-bond acceptors (Lipinski definition) is 4. The van der Waals surface area contributed by atoms with E-state index >= 15 is 0 Å². The molecular formula is C11H16ClN3O. The summed E-state index contributed by atoms with van der Waals surface area (Å²) in [4.78, 5) is 8.02. The highest BCUT2D eigenvalue weighted by Crippen LogP contribution is 2.15. The number of nitrogens with zero attached hydrogens (tertiary/aromatic N) is 2. The van der Waals surface area contributed by atoms with E-state index in [9.17, 15) is 0 Å². The number of piperidine rings is 1. The Hall–Kier alpha value is -0.870. The van der Waals surface area contributed by atoms with Gasteiger partial charge in [-0.05, 0) is 37.9 Å². The van der Waals surface area contributed by atoms with Crippen molar-refractivity contribution in [2.75, 3.05) is 19.7 Å². The maximum Gasteiger partial charge on any atom is 0.225 e. The Morgan fingerprint density at radius 1 is 1.56 bits per heavy atom. The van der Waals surface area contributed by atoms with Gasteiger partial charge < -0.3 is 10.1 Å². The Kier molecular flexibility index (Phi) is 3.96. The summed E-state index contributed by atoms with van der Waals surface area (Å²) in [5, 5.41) is 3.60. The molecule has 0 spiro atoms. The van der Waals surface area contributed by atoms with Crippen LogP contribution in [0.15, 0.2) is 6.07 Å². The van der Waals surface area contributed by atoms with Crippen LogP contribution in [0.25, 0.3) is 0 Å². The molecule has 16 heavy (non-hydrogen) atoms. The lowest BCUT2D eigenvalue weighted by Crippen LogP contribution is -2.33. The molecule has 1 aliphatic rings. The van der Waals surface area contributed by atoms with Gasteiger partial charge in [-0.1, -0.05) is 0 Å². The van der Waals surface area contributed by atoms with Crippen molar-refractivity contribution in [3.05, 3.63) is 17.0 Å². The van der Waals surface area contributed by atoms with Crippen LogP contribution in [0.5, 0.6) is 5.88 Å². The van der Waals surface area contributed by atoms with Crippen LogP contribution >= 0.6 is 11.6 Å². The molecule has 0 saturated carbocycles. The first-order valence-electron chi connectivity index (χ1n) is 5.59. The van der Waals surface area contributed by atoms with E-state index in [2.05, 4.69) is 15.3 Å². The van der Waals surface area contributed by atoms with E-state index in [0.29, 0.717) is 18.4 Å². The number of hydrogen-bond donors (Lipinski definition) is 1. The molecule has 2 heterocycles. The highest BCUT2D eigenvalue weighted by atomic mass is 35.5. The van der Waals surface area contributed by atoms with Gasteiger partial charge >= 0.3 is 0 Å². The van der Waals surface area contributed by atoms with Gasteiger partial charge in [-0.25, -0.2) is 4.98 Å². The maximum absolute atomic E-state index is 5.76. The van der Waals surface area contributed by atoms with Crippen molar-refractivity contribution < 1.29 is 4.74 Å². The van der Waals surface area contributed by atoms with Crippen LogP contribution in [0.1, 0.15) is 18.5 Å². The van der Waals surface area contributed by atoms with Crippen LogP contribution in [0.3, 0.4) is 0 Å². The molecule has 88 valence electrons. The van der Waals surface area contributed by atoms with Crippen LogP contribution < -0.4 is 10.1 Å². The third kappa shape index (κ3) is 3.32. The van der Waals surface area contributed by atoms with Crippen LogP contribution in [0, 0.1) is 12.8 Å². The summed E-state index contributed by atoms with van der Waals surface area (Å²) in [7, 11) is 0. The lowest BCUT2D eigenvalue weighted by atomic mass is 10.0. The molecule has 5 heteroatoms. The van der Waals surface area contributed by atoms with Crippen LogP contribution in [0.2, 0.25) is 5.28 Å².